The molecule has 5 aromatic carbocycles. The summed E-state index contributed by atoms with van der Waals surface area (Å²) >= 11 is 0. The number of carboxylic acids is 1. The van der Waals surface area contributed by atoms with Crippen LogP contribution in [-0.2, 0) is 0 Å². The highest BCUT2D eigenvalue weighted by Gasteiger charge is 2.21. The van der Waals surface area contributed by atoms with Gasteiger partial charge in [-0.15, -0.1) is 0 Å². The zero-order valence-corrected chi connectivity index (χ0v) is 23.5. The smallest absolute Gasteiger partial charge is 0.335 e. The number of nitrogens with one attached hydrogen (secondary N) is 1. The molecule has 2 N–H and O–H groups in total. The van der Waals surface area contributed by atoms with Gasteiger partial charge in [0.25, 0.3) is 5.91 Å². The first-order chi connectivity index (χ1) is 20.7. The average molecular weight is 575 g/mol. The lowest BCUT2D eigenvalue weighted by Gasteiger charge is -2.20. The Morgan fingerprint density at radius 2 is 1.44 bits per heavy atom. The Hall–Kier alpha value is -5.30. The third kappa shape index (κ3) is 5.37. The van der Waals surface area contributed by atoms with Crippen LogP contribution in [0.5, 0.6) is 0 Å². The minimum Gasteiger partial charge on any atom is -0.478 e. The molecule has 2 atom stereocenters. The summed E-state index contributed by atoms with van der Waals surface area (Å²) in [7, 11) is 0. The average Bonchev–Trinajstić information content (AvgIpc) is 3.45. The first kappa shape index (κ1) is 27.8. The lowest BCUT2D eigenvalue weighted by atomic mass is 9.98. The van der Waals surface area contributed by atoms with Crippen molar-refractivity contribution in [1.29, 1.82) is 0 Å². The third-order valence-corrected chi connectivity index (χ3v) is 7.99. The van der Waals surface area contributed by atoms with Gasteiger partial charge in [0, 0.05) is 11.6 Å². The predicted molar refractivity (Wildman–Crippen MR) is 164 cm³/mol. The number of nitrogens with zero attached hydrogens (tertiary/aromatic N) is 1. The molecule has 1 heterocycles. The summed E-state index contributed by atoms with van der Waals surface area (Å²) < 4.78 is 30.0. The zero-order chi connectivity index (χ0) is 30.2. The Morgan fingerprint density at radius 3 is 2.16 bits per heavy atom. The highest BCUT2D eigenvalue weighted by atomic mass is 19.2. The SMILES string of the molecule is C[C@H](NC(=O)c1cc(-c2ccc(F)c(F)c2)cc2ccn([C@@H](C)c3ccc4ccccc4c3)c12)c1ccc(C(=O)O)cc1. The monoisotopic (exact) mass is 574 g/mol. The van der Waals surface area contributed by atoms with E-state index in [1.54, 1.807) is 18.2 Å². The van der Waals surface area contributed by atoms with E-state index in [2.05, 4.69) is 47.1 Å². The number of benzene rings is 5. The predicted octanol–water partition coefficient (Wildman–Crippen LogP) is 8.54. The van der Waals surface area contributed by atoms with E-state index in [0.29, 0.717) is 22.2 Å². The van der Waals surface area contributed by atoms with Crippen molar-refractivity contribution in [2.75, 3.05) is 0 Å². The Bertz CT molecular complexity index is 2010. The normalized spacial score (nSPS) is 12.7. The fourth-order valence-electron chi connectivity index (χ4n) is 5.55. The van der Waals surface area contributed by atoms with Crippen LogP contribution in [0.15, 0.2) is 109 Å². The largest absolute Gasteiger partial charge is 0.478 e. The highest BCUT2D eigenvalue weighted by Crippen LogP contribution is 2.34. The van der Waals surface area contributed by atoms with Gasteiger partial charge in [0.15, 0.2) is 11.6 Å². The topological polar surface area (TPSA) is 71.3 Å². The molecule has 0 aliphatic carbocycles. The number of carbonyl (C=O) groups is 2. The molecule has 1 aromatic heterocycles. The summed E-state index contributed by atoms with van der Waals surface area (Å²) in [4.78, 5) is 25.2. The van der Waals surface area contributed by atoms with Gasteiger partial charge in [-0.05, 0) is 95.4 Å². The number of halogens is 2. The summed E-state index contributed by atoms with van der Waals surface area (Å²) in [5.41, 5.74) is 4.07. The second-order valence-electron chi connectivity index (χ2n) is 10.7. The number of hydrogen-bond acceptors (Lipinski definition) is 2. The van der Waals surface area contributed by atoms with Gasteiger partial charge in [-0.1, -0.05) is 54.6 Å². The van der Waals surface area contributed by atoms with Crippen LogP contribution in [0.4, 0.5) is 8.78 Å². The van der Waals surface area contributed by atoms with Crippen molar-refractivity contribution < 1.29 is 23.5 Å². The van der Waals surface area contributed by atoms with Crippen LogP contribution in [-0.4, -0.2) is 21.6 Å². The van der Waals surface area contributed by atoms with Crippen molar-refractivity contribution in [3.05, 3.63) is 143 Å². The summed E-state index contributed by atoms with van der Waals surface area (Å²) in [6, 6.07) is 29.4. The van der Waals surface area contributed by atoms with Gasteiger partial charge in [0.1, 0.15) is 0 Å². The van der Waals surface area contributed by atoms with E-state index in [9.17, 15) is 23.5 Å². The number of amides is 1. The second-order valence-corrected chi connectivity index (χ2v) is 10.7. The van der Waals surface area contributed by atoms with E-state index in [4.69, 9.17) is 0 Å². The van der Waals surface area contributed by atoms with Crippen molar-refractivity contribution >= 4 is 33.6 Å². The molecule has 0 aliphatic rings. The molecule has 0 saturated heterocycles. The summed E-state index contributed by atoms with van der Waals surface area (Å²) in [5, 5.41) is 15.3. The van der Waals surface area contributed by atoms with E-state index in [1.807, 2.05) is 37.4 Å². The fraction of sp³-hybridized carbons (Fsp3) is 0.111. The number of carbonyl (C=O) groups excluding carboxylic acids is 1. The molecule has 7 heteroatoms. The van der Waals surface area contributed by atoms with Crippen LogP contribution in [0.25, 0.3) is 32.8 Å². The molecule has 0 radical (unpaired) electrons. The van der Waals surface area contributed by atoms with Gasteiger partial charge in [-0.3, -0.25) is 4.79 Å². The van der Waals surface area contributed by atoms with Gasteiger partial charge in [-0.2, -0.15) is 0 Å². The molecule has 1 amide bonds. The molecule has 0 spiro atoms. The summed E-state index contributed by atoms with van der Waals surface area (Å²) in [6.45, 7) is 3.89. The minimum absolute atomic E-state index is 0.122. The highest BCUT2D eigenvalue weighted by molar-refractivity contribution is 6.08. The standard InChI is InChI=1S/C36H28F2N2O3/c1-21(23-7-10-25(11-8-23)36(42)43)39-35(41)31-19-30(28-13-14-32(37)33(38)20-28)18-29-15-16-40(34(29)31)22(2)26-12-9-24-5-3-4-6-27(24)17-26/h3-22H,1-2H3,(H,39,41)(H,42,43)/t21-,22-/m0/s1. The van der Waals surface area contributed by atoms with E-state index >= 15 is 0 Å². The number of rotatable bonds is 7. The Morgan fingerprint density at radius 1 is 0.721 bits per heavy atom. The van der Waals surface area contributed by atoms with Crippen LogP contribution >= 0.6 is 0 Å². The Labute approximate surface area is 247 Å². The molecule has 0 fully saturated rings. The second kappa shape index (κ2) is 11.2. The van der Waals surface area contributed by atoms with Crippen molar-refractivity contribution in [2.45, 2.75) is 25.9 Å². The first-order valence-corrected chi connectivity index (χ1v) is 13.9. The molecule has 43 heavy (non-hydrogen) atoms. The zero-order valence-electron chi connectivity index (χ0n) is 23.5. The maximum atomic E-state index is 14.2. The Balaban J connectivity index is 1.44. The van der Waals surface area contributed by atoms with Crippen molar-refractivity contribution in [1.82, 2.24) is 9.88 Å². The summed E-state index contributed by atoms with van der Waals surface area (Å²) in [5.74, 6) is -3.29. The van der Waals surface area contributed by atoms with Gasteiger partial charge < -0.3 is 15.0 Å². The maximum Gasteiger partial charge on any atom is 0.335 e. The van der Waals surface area contributed by atoms with E-state index in [1.165, 1.54) is 18.2 Å². The number of aromatic carboxylic acids is 1. The number of fused-ring (bicyclic) bond motifs is 2. The lowest BCUT2D eigenvalue weighted by molar-refractivity contribution is 0.0696. The van der Waals surface area contributed by atoms with Gasteiger partial charge in [0.2, 0.25) is 0 Å². The molecular weight excluding hydrogens is 546 g/mol. The van der Waals surface area contributed by atoms with E-state index in [-0.39, 0.29) is 17.5 Å². The first-order valence-electron chi connectivity index (χ1n) is 13.9. The van der Waals surface area contributed by atoms with Crippen molar-refractivity contribution in [3.63, 3.8) is 0 Å². The number of aromatic nitrogens is 1. The van der Waals surface area contributed by atoms with E-state index in [0.717, 1.165) is 39.4 Å². The molecule has 6 rings (SSSR count). The van der Waals surface area contributed by atoms with Crippen molar-refractivity contribution in [2.24, 2.45) is 0 Å². The van der Waals surface area contributed by atoms with Gasteiger partial charge in [0.05, 0.1) is 28.7 Å². The number of carboxylic acid groups (broad SMARTS) is 1. The van der Waals surface area contributed by atoms with Crippen LogP contribution in [0.2, 0.25) is 0 Å². The molecule has 6 aromatic rings. The van der Waals surface area contributed by atoms with Gasteiger partial charge >= 0.3 is 5.97 Å². The van der Waals surface area contributed by atoms with Crippen LogP contribution in [0, 0.1) is 11.6 Å². The molecule has 0 saturated carbocycles. The van der Waals surface area contributed by atoms with E-state index < -0.39 is 23.6 Å². The minimum atomic E-state index is -1.03. The van der Waals surface area contributed by atoms with Crippen LogP contribution in [0.3, 0.4) is 0 Å². The molecule has 5 nitrogen and oxygen atoms in total. The van der Waals surface area contributed by atoms with Crippen LogP contribution < -0.4 is 5.32 Å². The van der Waals surface area contributed by atoms with Gasteiger partial charge in [-0.25, -0.2) is 13.6 Å². The third-order valence-electron chi connectivity index (χ3n) is 7.99. The number of hydrogen-bond donors (Lipinski definition) is 2. The molecule has 0 bridgehead atoms. The molecule has 0 aliphatic heterocycles. The summed E-state index contributed by atoms with van der Waals surface area (Å²) in [6.07, 6.45) is 1.93. The van der Waals surface area contributed by atoms with Crippen LogP contribution in [0.1, 0.15) is 57.8 Å². The lowest BCUT2D eigenvalue weighted by Crippen LogP contribution is -2.27. The molecule has 0 unspecified atom stereocenters. The Kier molecular flexibility index (Phi) is 7.24. The molecule has 214 valence electrons. The maximum absolute atomic E-state index is 14.2. The quantitative estimate of drug-likeness (QED) is 0.201. The van der Waals surface area contributed by atoms with Crippen molar-refractivity contribution in [3.8, 4) is 11.1 Å². The molecular formula is C36H28F2N2O3. The fourth-order valence-corrected chi connectivity index (χ4v) is 5.55.